The Bertz CT molecular complexity index is 727. The molecule has 3 rings (SSSR count). The number of hydrogen-bond donors (Lipinski definition) is 2. The maximum atomic E-state index is 12.5. The van der Waals surface area contributed by atoms with E-state index in [0.29, 0.717) is 17.7 Å². The highest BCUT2D eigenvalue weighted by atomic mass is 16.6. The fourth-order valence-corrected chi connectivity index (χ4v) is 3.63. The van der Waals surface area contributed by atoms with Crippen LogP contribution in [-0.4, -0.2) is 21.9 Å². The molecule has 2 N–H and O–H groups in total. The number of benzene rings is 1. The van der Waals surface area contributed by atoms with Crippen molar-refractivity contribution in [3.8, 4) is 0 Å². The number of hydrogen-bond acceptors (Lipinski definition) is 4. The number of carboxylic acids is 1. The van der Waals surface area contributed by atoms with Crippen LogP contribution in [-0.2, 0) is 9.59 Å². The molecule has 1 aromatic rings. The first-order chi connectivity index (χ1) is 10.9. The lowest BCUT2D eigenvalue weighted by molar-refractivity contribution is -0.385. The third kappa shape index (κ3) is 2.58. The van der Waals surface area contributed by atoms with Crippen LogP contribution in [0.5, 0.6) is 0 Å². The first-order valence-electron chi connectivity index (χ1n) is 7.35. The summed E-state index contributed by atoms with van der Waals surface area (Å²) in [5.41, 5.74) is 0.730. The molecule has 2 aliphatic rings. The zero-order valence-corrected chi connectivity index (χ0v) is 12.4. The van der Waals surface area contributed by atoms with Crippen molar-refractivity contribution >= 4 is 23.3 Å². The highest BCUT2D eigenvalue weighted by Gasteiger charge is 2.51. The molecule has 0 radical (unpaired) electrons. The third-order valence-electron chi connectivity index (χ3n) is 4.72. The lowest BCUT2D eigenvalue weighted by atomic mass is 9.82. The van der Waals surface area contributed by atoms with Crippen molar-refractivity contribution < 1.29 is 19.6 Å². The second-order valence-corrected chi connectivity index (χ2v) is 6.09. The van der Waals surface area contributed by atoms with Gasteiger partial charge in [0.1, 0.15) is 0 Å². The second-order valence-electron chi connectivity index (χ2n) is 6.09. The molecule has 120 valence electrons. The Hall–Kier alpha value is -2.70. The molecule has 0 aliphatic heterocycles. The number of fused-ring (bicyclic) bond motifs is 2. The number of allylic oxidation sites excluding steroid dienone is 2. The lowest BCUT2D eigenvalue weighted by Gasteiger charge is -2.23. The van der Waals surface area contributed by atoms with Gasteiger partial charge in [-0.25, -0.2) is 0 Å². The summed E-state index contributed by atoms with van der Waals surface area (Å²) in [6.45, 7) is 1.62. The molecular formula is C16H16N2O5. The number of amides is 1. The van der Waals surface area contributed by atoms with Crippen LogP contribution in [0.1, 0.15) is 12.0 Å². The molecule has 0 spiro atoms. The van der Waals surface area contributed by atoms with Crippen LogP contribution in [0, 0.1) is 40.7 Å². The maximum Gasteiger partial charge on any atom is 0.307 e. The zero-order chi connectivity index (χ0) is 16.7. The first kappa shape index (κ1) is 15.2. The highest BCUT2D eigenvalue weighted by molar-refractivity contribution is 5.96. The van der Waals surface area contributed by atoms with Crippen LogP contribution >= 0.6 is 0 Å². The minimum absolute atomic E-state index is 0.0783. The van der Waals surface area contributed by atoms with Crippen molar-refractivity contribution in [1.29, 1.82) is 0 Å². The van der Waals surface area contributed by atoms with E-state index in [9.17, 15) is 24.8 Å². The number of nitrogens with zero attached hydrogens (tertiary/aromatic N) is 1. The fraction of sp³-hybridized carbons (Fsp3) is 0.375. The van der Waals surface area contributed by atoms with Gasteiger partial charge in [0, 0.05) is 17.3 Å². The normalized spacial score (nSPS) is 27.9. The average molecular weight is 316 g/mol. The Morgan fingerprint density at radius 2 is 1.91 bits per heavy atom. The van der Waals surface area contributed by atoms with E-state index >= 15 is 0 Å². The first-order valence-corrected chi connectivity index (χ1v) is 7.35. The summed E-state index contributed by atoms with van der Waals surface area (Å²) in [4.78, 5) is 34.4. The van der Waals surface area contributed by atoms with Gasteiger partial charge >= 0.3 is 5.97 Å². The van der Waals surface area contributed by atoms with Crippen molar-refractivity contribution in [2.75, 3.05) is 5.32 Å². The largest absolute Gasteiger partial charge is 0.481 e. The average Bonchev–Trinajstić information content (AvgIpc) is 3.09. The standard InChI is InChI=1S/C16H16N2O5/c1-8-2-5-11(7-12(8)18(22)23)17-15(19)13-9-3-4-10(6-9)14(13)16(20)21/h2-5,7,9-10,13-14H,6H2,1H3,(H,17,19)(H,20,21)/t9-,10-,13-,14-/m0/s1. The van der Waals surface area contributed by atoms with Crippen LogP contribution in [0.4, 0.5) is 11.4 Å². The highest BCUT2D eigenvalue weighted by Crippen LogP contribution is 2.48. The maximum absolute atomic E-state index is 12.5. The molecular weight excluding hydrogens is 300 g/mol. The van der Waals surface area contributed by atoms with Gasteiger partial charge < -0.3 is 10.4 Å². The van der Waals surface area contributed by atoms with Gasteiger partial charge in [-0.2, -0.15) is 0 Å². The van der Waals surface area contributed by atoms with E-state index < -0.39 is 28.6 Å². The van der Waals surface area contributed by atoms with E-state index in [0.717, 1.165) is 0 Å². The quantitative estimate of drug-likeness (QED) is 0.503. The Balaban J connectivity index is 1.82. The predicted molar refractivity (Wildman–Crippen MR) is 81.8 cm³/mol. The monoisotopic (exact) mass is 316 g/mol. The van der Waals surface area contributed by atoms with Gasteiger partial charge in [0.25, 0.3) is 5.69 Å². The molecule has 0 aromatic heterocycles. The van der Waals surface area contributed by atoms with Gasteiger partial charge in [-0.05, 0) is 31.2 Å². The molecule has 7 heteroatoms. The Morgan fingerprint density at radius 1 is 1.26 bits per heavy atom. The summed E-state index contributed by atoms with van der Waals surface area (Å²) < 4.78 is 0. The van der Waals surface area contributed by atoms with Crippen LogP contribution in [0.2, 0.25) is 0 Å². The topological polar surface area (TPSA) is 110 Å². The number of nitro groups is 1. The molecule has 2 bridgehead atoms. The van der Waals surface area contributed by atoms with E-state index in [4.69, 9.17) is 0 Å². The van der Waals surface area contributed by atoms with Crippen molar-refractivity contribution in [3.05, 3.63) is 46.0 Å². The number of aliphatic carboxylic acids is 1. The molecule has 1 aromatic carbocycles. The molecule has 23 heavy (non-hydrogen) atoms. The molecule has 0 heterocycles. The molecule has 7 nitrogen and oxygen atoms in total. The molecule has 4 atom stereocenters. The summed E-state index contributed by atoms with van der Waals surface area (Å²) in [6, 6.07) is 4.44. The fourth-order valence-electron chi connectivity index (χ4n) is 3.63. The van der Waals surface area contributed by atoms with Crippen LogP contribution in [0.3, 0.4) is 0 Å². The second kappa shape index (κ2) is 5.49. The number of nitro benzene ring substituents is 1. The predicted octanol–water partition coefficient (Wildman–Crippen LogP) is 2.36. The Kier molecular flexibility index (Phi) is 3.63. The zero-order valence-electron chi connectivity index (χ0n) is 12.4. The van der Waals surface area contributed by atoms with Crippen LogP contribution in [0.25, 0.3) is 0 Å². The number of carboxylic acid groups (broad SMARTS) is 1. The Labute approximate surface area is 132 Å². The van der Waals surface area contributed by atoms with Gasteiger partial charge in [-0.15, -0.1) is 0 Å². The summed E-state index contributed by atoms with van der Waals surface area (Å²) in [5.74, 6) is -2.93. The summed E-state index contributed by atoms with van der Waals surface area (Å²) in [6.07, 6.45) is 4.43. The van der Waals surface area contributed by atoms with Crippen LogP contribution in [0.15, 0.2) is 30.4 Å². The van der Waals surface area contributed by atoms with Gasteiger partial charge in [0.05, 0.1) is 16.8 Å². The molecule has 1 saturated carbocycles. The number of nitrogens with one attached hydrogen (secondary N) is 1. The van der Waals surface area contributed by atoms with Crippen molar-refractivity contribution in [2.24, 2.45) is 23.7 Å². The minimum atomic E-state index is -0.975. The summed E-state index contributed by atoms with van der Waals surface area (Å²) >= 11 is 0. The van der Waals surface area contributed by atoms with Gasteiger partial charge in [0.2, 0.25) is 5.91 Å². The number of rotatable bonds is 4. The van der Waals surface area contributed by atoms with Crippen molar-refractivity contribution in [2.45, 2.75) is 13.3 Å². The Morgan fingerprint density at radius 3 is 2.52 bits per heavy atom. The molecule has 1 fully saturated rings. The van der Waals surface area contributed by atoms with Crippen molar-refractivity contribution in [3.63, 3.8) is 0 Å². The van der Waals surface area contributed by atoms with E-state index in [1.807, 2.05) is 12.2 Å². The smallest absolute Gasteiger partial charge is 0.307 e. The molecule has 0 saturated heterocycles. The van der Waals surface area contributed by atoms with E-state index in [2.05, 4.69) is 5.32 Å². The van der Waals surface area contributed by atoms with E-state index in [1.54, 1.807) is 19.1 Å². The van der Waals surface area contributed by atoms with Gasteiger partial charge in [-0.1, -0.05) is 18.2 Å². The van der Waals surface area contributed by atoms with E-state index in [1.165, 1.54) is 6.07 Å². The number of aryl methyl sites for hydroxylation is 1. The minimum Gasteiger partial charge on any atom is -0.481 e. The van der Waals surface area contributed by atoms with Crippen molar-refractivity contribution in [1.82, 2.24) is 0 Å². The van der Waals surface area contributed by atoms with E-state index in [-0.39, 0.29) is 17.5 Å². The van der Waals surface area contributed by atoms with Gasteiger partial charge in [-0.3, -0.25) is 19.7 Å². The van der Waals surface area contributed by atoms with Crippen LogP contribution < -0.4 is 5.32 Å². The lowest BCUT2D eigenvalue weighted by Crippen LogP contribution is -2.36. The SMILES string of the molecule is Cc1ccc(NC(=O)[C@@H]2[C@@H](C(=O)O)[C@H]3C=C[C@H]2C3)cc1[N+](=O)[O-]. The molecule has 2 aliphatic carbocycles. The number of carbonyl (C=O) groups is 2. The summed E-state index contributed by atoms with van der Waals surface area (Å²) in [7, 11) is 0. The third-order valence-corrected chi connectivity index (χ3v) is 4.72. The number of carbonyl (C=O) groups excluding carboxylic acids is 1. The summed E-state index contributed by atoms with van der Waals surface area (Å²) in [5, 5.41) is 23.0. The van der Waals surface area contributed by atoms with Gasteiger partial charge in [0.15, 0.2) is 0 Å². The molecule has 1 amide bonds. The number of anilines is 1. The molecule has 0 unspecified atom stereocenters.